The topological polar surface area (TPSA) is 63.9 Å². The molecule has 0 bridgehead atoms. The van der Waals surface area contributed by atoms with Gasteiger partial charge < -0.3 is 24.1 Å². The van der Waals surface area contributed by atoms with Crippen molar-refractivity contribution < 1.29 is 18.7 Å². The Morgan fingerprint density at radius 3 is 2.75 bits per heavy atom. The van der Waals surface area contributed by atoms with E-state index in [2.05, 4.69) is 5.32 Å². The van der Waals surface area contributed by atoms with Crippen LogP contribution in [0.2, 0.25) is 0 Å². The Balaban J connectivity index is 1.53. The first-order valence-corrected chi connectivity index (χ1v) is 7.99. The number of carbonyl (C=O) groups is 1. The van der Waals surface area contributed by atoms with E-state index >= 15 is 0 Å². The van der Waals surface area contributed by atoms with E-state index in [-0.39, 0.29) is 18.2 Å². The summed E-state index contributed by atoms with van der Waals surface area (Å²) in [5.41, 5.74) is 0. The molecule has 1 aromatic carbocycles. The van der Waals surface area contributed by atoms with Gasteiger partial charge in [0.25, 0.3) is 0 Å². The van der Waals surface area contributed by atoms with Crippen molar-refractivity contribution in [3.63, 3.8) is 0 Å². The van der Waals surface area contributed by atoms with Gasteiger partial charge in [-0.1, -0.05) is 12.1 Å². The Kier molecular flexibility index (Phi) is 4.64. The average molecular weight is 330 g/mol. The number of hydrogen-bond acceptors (Lipinski definition) is 4. The summed E-state index contributed by atoms with van der Waals surface area (Å²) in [5.74, 6) is 3.01. The van der Waals surface area contributed by atoms with Crippen LogP contribution in [0.25, 0.3) is 0 Å². The van der Waals surface area contributed by atoms with E-state index in [9.17, 15) is 4.79 Å². The summed E-state index contributed by atoms with van der Waals surface area (Å²) in [6, 6.07) is 10.9. The van der Waals surface area contributed by atoms with E-state index in [0.29, 0.717) is 18.9 Å². The fraction of sp³-hybridized carbons (Fsp3) is 0.389. The molecule has 0 unspecified atom stereocenters. The molecule has 1 aliphatic rings. The van der Waals surface area contributed by atoms with Gasteiger partial charge in [-0.2, -0.15) is 0 Å². The van der Waals surface area contributed by atoms with Gasteiger partial charge in [-0.25, -0.2) is 4.79 Å². The second-order valence-electron chi connectivity index (χ2n) is 6.00. The molecule has 6 heteroatoms. The van der Waals surface area contributed by atoms with Crippen LogP contribution < -0.4 is 14.8 Å². The van der Waals surface area contributed by atoms with E-state index in [1.54, 1.807) is 11.9 Å². The highest BCUT2D eigenvalue weighted by atomic mass is 16.6. The monoisotopic (exact) mass is 330 g/mol. The Labute approximate surface area is 141 Å². The molecular weight excluding hydrogens is 308 g/mol. The van der Waals surface area contributed by atoms with Crippen LogP contribution in [0, 0.1) is 6.92 Å². The van der Waals surface area contributed by atoms with Crippen LogP contribution in [-0.2, 0) is 0 Å². The Bertz CT molecular complexity index is 713. The lowest BCUT2D eigenvalue weighted by atomic mass is 10.2. The number of benzene rings is 1. The number of fused-ring (bicyclic) bond motifs is 1. The highest BCUT2D eigenvalue weighted by molar-refractivity contribution is 5.74. The number of para-hydroxylation sites is 2. The molecule has 1 aromatic heterocycles. The van der Waals surface area contributed by atoms with Gasteiger partial charge in [0.1, 0.15) is 18.1 Å². The van der Waals surface area contributed by atoms with Gasteiger partial charge in [-0.05, 0) is 38.1 Å². The maximum absolute atomic E-state index is 12.3. The van der Waals surface area contributed by atoms with E-state index in [1.807, 2.05) is 50.2 Å². The van der Waals surface area contributed by atoms with Gasteiger partial charge in [0, 0.05) is 7.05 Å². The number of nitrogens with zero attached hydrogens (tertiary/aromatic N) is 1. The summed E-state index contributed by atoms with van der Waals surface area (Å²) in [4.78, 5) is 13.9. The molecule has 128 valence electrons. The molecule has 3 rings (SSSR count). The second-order valence-corrected chi connectivity index (χ2v) is 6.00. The number of furan rings is 1. The van der Waals surface area contributed by atoms with Gasteiger partial charge in [-0.15, -0.1) is 0 Å². The number of rotatable bonds is 4. The van der Waals surface area contributed by atoms with Crippen molar-refractivity contribution in [1.29, 1.82) is 0 Å². The van der Waals surface area contributed by atoms with Crippen molar-refractivity contribution in [2.24, 2.45) is 0 Å². The molecule has 2 atom stereocenters. The van der Waals surface area contributed by atoms with E-state index in [0.717, 1.165) is 17.3 Å². The minimum atomic E-state index is -0.197. The quantitative estimate of drug-likeness (QED) is 0.935. The fourth-order valence-corrected chi connectivity index (χ4v) is 2.59. The zero-order chi connectivity index (χ0) is 17.1. The summed E-state index contributed by atoms with van der Waals surface area (Å²) in [5, 5.41) is 2.91. The van der Waals surface area contributed by atoms with Crippen molar-refractivity contribution in [1.82, 2.24) is 10.2 Å². The minimum Gasteiger partial charge on any atom is -0.486 e. The number of aryl methyl sites for hydroxylation is 1. The molecule has 1 N–H and O–H groups in total. The molecule has 0 saturated heterocycles. The summed E-state index contributed by atoms with van der Waals surface area (Å²) in [6.45, 7) is 4.62. The normalized spacial score (nSPS) is 17.2. The van der Waals surface area contributed by atoms with Crippen molar-refractivity contribution in [2.45, 2.75) is 26.0 Å². The SMILES string of the molecule is Cc1ccc([C@@H](C)NC(=O)N(C)C[C@H]2COc3ccccc3O2)o1. The molecule has 2 amide bonds. The number of urea groups is 1. The smallest absolute Gasteiger partial charge is 0.317 e. The van der Waals surface area contributed by atoms with Crippen LogP contribution in [0.1, 0.15) is 24.5 Å². The van der Waals surface area contributed by atoms with E-state index < -0.39 is 0 Å². The number of hydrogen-bond donors (Lipinski definition) is 1. The first-order chi connectivity index (χ1) is 11.5. The number of amides is 2. The number of carbonyl (C=O) groups excluding carboxylic acids is 1. The molecule has 1 aliphatic heterocycles. The van der Waals surface area contributed by atoms with Crippen LogP contribution >= 0.6 is 0 Å². The first kappa shape index (κ1) is 16.2. The maximum Gasteiger partial charge on any atom is 0.317 e. The predicted molar refractivity (Wildman–Crippen MR) is 89.4 cm³/mol. The maximum atomic E-state index is 12.3. The van der Waals surface area contributed by atoms with Crippen molar-refractivity contribution in [2.75, 3.05) is 20.2 Å². The zero-order valence-corrected chi connectivity index (χ0v) is 14.1. The predicted octanol–water partition coefficient (Wildman–Crippen LogP) is 3.13. The lowest BCUT2D eigenvalue weighted by Gasteiger charge is -2.30. The molecule has 0 fully saturated rings. The van der Waals surface area contributed by atoms with Gasteiger partial charge in [0.2, 0.25) is 0 Å². The molecule has 2 heterocycles. The molecule has 2 aromatic rings. The minimum absolute atomic E-state index is 0.181. The van der Waals surface area contributed by atoms with Crippen molar-refractivity contribution in [3.05, 3.63) is 47.9 Å². The van der Waals surface area contributed by atoms with E-state index in [1.165, 1.54) is 0 Å². The molecule has 24 heavy (non-hydrogen) atoms. The molecular formula is C18H22N2O4. The lowest BCUT2D eigenvalue weighted by Crippen LogP contribution is -2.46. The number of nitrogens with one attached hydrogen (secondary N) is 1. The van der Waals surface area contributed by atoms with Crippen LogP contribution in [0.3, 0.4) is 0 Å². The highest BCUT2D eigenvalue weighted by Gasteiger charge is 2.24. The molecule has 0 aliphatic carbocycles. The van der Waals surface area contributed by atoms with Gasteiger partial charge in [0.15, 0.2) is 17.6 Å². The highest BCUT2D eigenvalue weighted by Crippen LogP contribution is 2.30. The van der Waals surface area contributed by atoms with Crippen molar-refractivity contribution >= 4 is 6.03 Å². The average Bonchev–Trinajstić information content (AvgIpc) is 3.01. The Hall–Kier alpha value is -2.63. The molecule has 6 nitrogen and oxygen atoms in total. The van der Waals surface area contributed by atoms with Gasteiger partial charge in [-0.3, -0.25) is 0 Å². The largest absolute Gasteiger partial charge is 0.486 e. The number of likely N-dealkylation sites (N-methyl/N-ethyl adjacent to an activating group) is 1. The van der Waals surface area contributed by atoms with Crippen LogP contribution in [0.4, 0.5) is 4.79 Å². The van der Waals surface area contributed by atoms with Crippen LogP contribution in [0.5, 0.6) is 11.5 Å². The Morgan fingerprint density at radius 1 is 1.29 bits per heavy atom. The van der Waals surface area contributed by atoms with Crippen LogP contribution in [-0.4, -0.2) is 37.2 Å². The number of ether oxygens (including phenoxy) is 2. The molecule has 0 radical (unpaired) electrons. The Morgan fingerprint density at radius 2 is 2.04 bits per heavy atom. The standard InChI is InChI=1S/C18H22N2O4/c1-12-8-9-15(23-12)13(2)19-18(21)20(3)10-14-11-22-16-6-4-5-7-17(16)24-14/h4-9,13-14H,10-11H2,1-3H3,(H,19,21)/t13-,14+/m1/s1. The van der Waals surface area contributed by atoms with E-state index in [4.69, 9.17) is 13.9 Å². The molecule has 0 saturated carbocycles. The van der Waals surface area contributed by atoms with Crippen LogP contribution in [0.15, 0.2) is 40.8 Å². The zero-order valence-electron chi connectivity index (χ0n) is 14.1. The third-order valence-electron chi connectivity index (χ3n) is 3.92. The summed E-state index contributed by atoms with van der Waals surface area (Å²) in [7, 11) is 1.74. The summed E-state index contributed by atoms with van der Waals surface area (Å²) < 4.78 is 17.1. The van der Waals surface area contributed by atoms with Gasteiger partial charge >= 0.3 is 6.03 Å². The van der Waals surface area contributed by atoms with Crippen molar-refractivity contribution in [3.8, 4) is 11.5 Å². The summed E-state index contributed by atoms with van der Waals surface area (Å²) in [6.07, 6.45) is -0.197. The third kappa shape index (κ3) is 3.64. The fourth-order valence-electron chi connectivity index (χ4n) is 2.59. The molecule has 0 spiro atoms. The third-order valence-corrected chi connectivity index (χ3v) is 3.92. The van der Waals surface area contributed by atoms with Gasteiger partial charge in [0.05, 0.1) is 12.6 Å². The summed E-state index contributed by atoms with van der Waals surface area (Å²) >= 11 is 0. The lowest BCUT2D eigenvalue weighted by molar-refractivity contribution is 0.0712. The first-order valence-electron chi connectivity index (χ1n) is 7.99. The second kappa shape index (κ2) is 6.86.